The van der Waals surface area contributed by atoms with Gasteiger partial charge in [-0.1, -0.05) is 30.3 Å². The standard InChI is InChI=1S/C17H12N4O/c1-11(22)12-5-4-6-13(9-12)19-17-14-7-2-3-8-15(14)20-21-16(17)10-18/h2-9H,1H3,(H,19,20). The van der Waals surface area contributed by atoms with Crippen LogP contribution in [0.3, 0.4) is 0 Å². The number of nitrogens with one attached hydrogen (secondary N) is 1. The summed E-state index contributed by atoms with van der Waals surface area (Å²) in [4.78, 5) is 11.5. The first-order valence-electron chi connectivity index (χ1n) is 6.72. The second-order valence-corrected chi connectivity index (χ2v) is 4.81. The third-order valence-electron chi connectivity index (χ3n) is 3.31. The highest BCUT2D eigenvalue weighted by Crippen LogP contribution is 2.27. The van der Waals surface area contributed by atoms with Gasteiger partial charge < -0.3 is 5.32 Å². The average molecular weight is 288 g/mol. The fourth-order valence-electron chi connectivity index (χ4n) is 2.22. The molecule has 1 aromatic heterocycles. The molecule has 5 nitrogen and oxygen atoms in total. The summed E-state index contributed by atoms with van der Waals surface area (Å²) in [7, 11) is 0. The fraction of sp³-hybridized carbons (Fsp3) is 0.0588. The van der Waals surface area contributed by atoms with Crippen molar-refractivity contribution in [2.75, 3.05) is 5.32 Å². The summed E-state index contributed by atoms with van der Waals surface area (Å²) in [5.41, 5.74) is 2.84. The lowest BCUT2D eigenvalue weighted by Crippen LogP contribution is -2.01. The van der Waals surface area contributed by atoms with Crippen LogP contribution in [0.5, 0.6) is 0 Å². The van der Waals surface area contributed by atoms with Crippen LogP contribution in [0, 0.1) is 11.3 Å². The molecule has 0 atom stereocenters. The summed E-state index contributed by atoms with van der Waals surface area (Å²) in [6.45, 7) is 1.52. The van der Waals surface area contributed by atoms with E-state index in [1.807, 2.05) is 36.4 Å². The van der Waals surface area contributed by atoms with Gasteiger partial charge in [-0.15, -0.1) is 10.2 Å². The summed E-state index contributed by atoms with van der Waals surface area (Å²) < 4.78 is 0. The molecular formula is C17H12N4O. The van der Waals surface area contributed by atoms with Crippen molar-refractivity contribution in [2.24, 2.45) is 0 Å². The van der Waals surface area contributed by atoms with Crippen LogP contribution >= 0.6 is 0 Å². The molecule has 2 aromatic carbocycles. The molecule has 0 aliphatic heterocycles. The van der Waals surface area contributed by atoms with Crippen molar-refractivity contribution >= 4 is 28.1 Å². The highest BCUT2D eigenvalue weighted by atomic mass is 16.1. The van der Waals surface area contributed by atoms with E-state index in [1.165, 1.54) is 6.92 Å². The monoisotopic (exact) mass is 288 g/mol. The molecular weight excluding hydrogens is 276 g/mol. The van der Waals surface area contributed by atoms with Gasteiger partial charge in [0.15, 0.2) is 11.5 Å². The first-order chi connectivity index (χ1) is 10.7. The molecule has 1 N–H and O–H groups in total. The molecule has 0 radical (unpaired) electrons. The number of aromatic nitrogens is 2. The van der Waals surface area contributed by atoms with Crippen LogP contribution in [0.15, 0.2) is 48.5 Å². The number of anilines is 2. The van der Waals surface area contributed by atoms with Gasteiger partial charge in [0.25, 0.3) is 0 Å². The van der Waals surface area contributed by atoms with Crippen LogP contribution in [-0.2, 0) is 0 Å². The molecule has 0 saturated carbocycles. The minimum Gasteiger partial charge on any atom is -0.353 e. The number of ketones is 1. The smallest absolute Gasteiger partial charge is 0.187 e. The zero-order valence-electron chi connectivity index (χ0n) is 11.9. The van der Waals surface area contributed by atoms with Gasteiger partial charge in [-0.3, -0.25) is 4.79 Å². The van der Waals surface area contributed by atoms with E-state index in [-0.39, 0.29) is 11.5 Å². The maximum atomic E-state index is 11.5. The summed E-state index contributed by atoms with van der Waals surface area (Å²) in [5.74, 6) is -0.0122. The molecule has 0 saturated heterocycles. The van der Waals surface area contributed by atoms with E-state index < -0.39 is 0 Å². The van der Waals surface area contributed by atoms with Crippen LogP contribution in [0.4, 0.5) is 11.4 Å². The number of hydrogen-bond donors (Lipinski definition) is 1. The van der Waals surface area contributed by atoms with Gasteiger partial charge in [0, 0.05) is 16.6 Å². The Morgan fingerprint density at radius 1 is 1.14 bits per heavy atom. The largest absolute Gasteiger partial charge is 0.353 e. The summed E-state index contributed by atoms with van der Waals surface area (Å²) in [6, 6.07) is 16.6. The Morgan fingerprint density at radius 3 is 2.73 bits per heavy atom. The van der Waals surface area contributed by atoms with Gasteiger partial charge in [0.1, 0.15) is 6.07 Å². The molecule has 0 unspecified atom stereocenters. The van der Waals surface area contributed by atoms with Gasteiger partial charge in [-0.25, -0.2) is 0 Å². The average Bonchev–Trinajstić information content (AvgIpc) is 2.55. The van der Waals surface area contributed by atoms with Crippen molar-refractivity contribution in [3.63, 3.8) is 0 Å². The van der Waals surface area contributed by atoms with Gasteiger partial charge in [0.2, 0.25) is 0 Å². The third-order valence-corrected chi connectivity index (χ3v) is 3.31. The molecule has 0 aliphatic carbocycles. The number of Topliss-reactive ketones (excluding diaryl/α,β-unsaturated/α-hetero) is 1. The van der Waals surface area contributed by atoms with Gasteiger partial charge in [-0.2, -0.15) is 5.26 Å². The van der Waals surface area contributed by atoms with Gasteiger partial charge in [0.05, 0.1) is 11.2 Å². The van der Waals surface area contributed by atoms with E-state index in [4.69, 9.17) is 0 Å². The van der Waals surface area contributed by atoms with Crippen molar-refractivity contribution in [2.45, 2.75) is 6.92 Å². The summed E-state index contributed by atoms with van der Waals surface area (Å²) >= 11 is 0. The number of hydrogen-bond acceptors (Lipinski definition) is 5. The Bertz CT molecular complexity index is 912. The van der Waals surface area contributed by atoms with Crippen molar-refractivity contribution in [3.8, 4) is 6.07 Å². The number of carbonyl (C=O) groups is 1. The third kappa shape index (κ3) is 2.50. The predicted octanol–water partition coefficient (Wildman–Crippen LogP) is 3.45. The highest BCUT2D eigenvalue weighted by Gasteiger charge is 2.11. The number of nitrogens with zero attached hydrogens (tertiary/aromatic N) is 3. The Balaban J connectivity index is 2.12. The molecule has 5 heteroatoms. The van der Waals surface area contributed by atoms with Crippen LogP contribution in [0.1, 0.15) is 23.0 Å². The quantitative estimate of drug-likeness (QED) is 0.747. The van der Waals surface area contributed by atoms with E-state index in [9.17, 15) is 10.1 Å². The Hall–Kier alpha value is -3.26. The number of rotatable bonds is 3. The molecule has 3 aromatic rings. The van der Waals surface area contributed by atoms with Crippen molar-refractivity contribution in [1.29, 1.82) is 5.26 Å². The van der Waals surface area contributed by atoms with Crippen molar-refractivity contribution < 1.29 is 4.79 Å². The minimum atomic E-state index is -0.0122. The van der Waals surface area contributed by atoms with E-state index in [0.717, 1.165) is 11.1 Å². The molecule has 22 heavy (non-hydrogen) atoms. The summed E-state index contributed by atoms with van der Waals surface area (Å²) in [6.07, 6.45) is 0. The lowest BCUT2D eigenvalue weighted by molar-refractivity contribution is 0.101. The van der Waals surface area contributed by atoms with Crippen LogP contribution in [0.25, 0.3) is 10.9 Å². The first-order valence-corrected chi connectivity index (χ1v) is 6.72. The van der Waals surface area contributed by atoms with E-state index in [0.29, 0.717) is 16.8 Å². The zero-order chi connectivity index (χ0) is 15.5. The second kappa shape index (κ2) is 5.62. The normalized spacial score (nSPS) is 10.2. The second-order valence-electron chi connectivity index (χ2n) is 4.81. The maximum absolute atomic E-state index is 11.5. The Labute approximate surface area is 127 Å². The predicted molar refractivity (Wildman–Crippen MR) is 84.0 cm³/mol. The summed E-state index contributed by atoms with van der Waals surface area (Å²) in [5, 5.41) is 21.2. The first kappa shape index (κ1) is 13.7. The van der Waals surface area contributed by atoms with Crippen LogP contribution < -0.4 is 5.32 Å². The molecule has 0 spiro atoms. The van der Waals surface area contributed by atoms with E-state index >= 15 is 0 Å². The number of nitriles is 1. The highest BCUT2D eigenvalue weighted by molar-refractivity contribution is 5.97. The Kier molecular flexibility index (Phi) is 3.50. The van der Waals surface area contributed by atoms with Crippen LogP contribution in [-0.4, -0.2) is 16.0 Å². The molecule has 106 valence electrons. The fourth-order valence-corrected chi connectivity index (χ4v) is 2.22. The SMILES string of the molecule is CC(=O)c1cccc(Nc2c(C#N)nnc3ccccc23)c1. The van der Waals surface area contributed by atoms with Crippen molar-refractivity contribution in [1.82, 2.24) is 10.2 Å². The number of fused-ring (bicyclic) bond motifs is 1. The molecule has 0 fully saturated rings. The lowest BCUT2D eigenvalue weighted by atomic mass is 10.1. The van der Waals surface area contributed by atoms with Gasteiger partial charge in [-0.05, 0) is 25.1 Å². The molecule has 0 amide bonds. The zero-order valence-corrected chi connectivity index (χ0v) is 11.9. The number of carbonyl (C=O) groups excluding carboxylic acids is 1. The molecule has 3 rings (SSSR count). The van der Waals surface area contributed by atoms with Crippen LogP contribution in [0.2, 0.25) is 0 Å². The number of benzene rings is 2. The van der Waals surface area contributed by atoms with E-state index in [1.54, 1.807) is 18.2 Å². The maximum Gasteiger partial charge on any atom is 0.187 e. The minimum absolute atomic E-state index is 0.0122. The lowest BCUT2D eigenvalue weighted by Gasteiger charge is -2.11. The van der Waals surface area contributed by atoms with Crippen molar-refractivity contribution in [3.05, 3.63) is 59.8 Å². The van der Waals surface area contributed by atoms with E-state index in [2.05, 4.69) is 15.5 Å². The van der Waals surface area contributed by atoms with Gasteiger partial charge >= 0.3 is 0 Å². The Morgan fingerprint density at radius 2 is 1.95 bits per heavy atom. The molecule has 0 aliphatic rings. The molecule has 0 bridgehead atoms. The topological polar surface area (TPSA) is 78.7 Å². The molecule has 1 heterocycles.